The number of furan rings is 1. The van der Waals surface area contributed by atoms with E-state index in [2.05, 4.69) is 223 Å². The van der Waals surface area contributed by atoms with Gasteiger partial charge in [0.2, 0.25) is 0 Å². The molecule has 11 aromatic rings. The number of benzene rings is 10. The normalized spacial score (nSPS) is 11.4. The Kier molecular flexibility index (Phi) is 8.19. The Hall–Kier alpha value is -7.68. The van der Waals surface area contributed by atoms with Gasteiger partial charge in [-0.05, 0) is 103 Å². The number of para-hydroxylation sites is 3. The van der Waals surface area contributed by atoms with Gasteiger partial charge in [-0.3, -0.25) is 0 Å². The van der Waals surface area contributed by atoms with Gasteiger partial charge in [0.15, 0.2) is 0 Å². The van der Waals surface area contributed by atoms with Gasteiger partial charge in [0.25, 0.3) is 0 Å². The topological polar surface area (TPSA) is 16.4 Å². The minimum absolute atomic E-state index is 0.904. The number of hydrogen-bond donors (Lipinski definition) is 0. The number of fused-ring (bicyclic) bond motifs is 5. The summed E-state index contributed by atoms with van der Waals surface area (Å²) in [5.74, 6) is 0. The molecule has 0 aliphatic heterocycles. The van der Waals surface area contributed by atoms with E-state index in [1.165, 1.54) is 43.8 Å². The van der Waals surface area contributed by atoms with Crippen molar-refractivity contribution in [3.05, 3.63) is 224 Å². The summed E-state index contributed by atoms with van der Waals surface area (Å²) >= 11 is 0. The van der Waals surface area contributed by atoms with Crippen molar-refractivity contribution in [2.75, 3.05) is 4.90 Å². The molecule has 0 N–H and O–H groups in total. The van der Waals surface area contributed by atoms with Gasteiger partial charge in [-0.15, -0.1) is 0 Å². The van der Waals surface area contributed by atoms with E-state index >= 15 is 0 Å². The Bertz CT molecular complexity index is 3250. The van der Waals surface area contributed by atoms with E-state index in [-0.39, 0.29) is 0 Å². The van der Waals surface area contributed by atoms with Crippen molar-refractivity contribution in [2.24, 2.45) is 0 Å². The molecule has 0 bridgehead atoms. The highest BCUT2D eigenvalue weighted by Gasteiger charge is 2.18. The molecule has 272 valence electrons. The zero-order valence-corrected chi connectivity index (χ0v) is 31.7. The summed E-state index contributed by atoms with van der Waals surface area (Å²) in [5.41, 5.74) is 14.4. The van der Waals surface area contributed by atoms with Crippen LogP contribution in [0.15, 0.2) is 229 Å². The predicted molar refractivity (Wildman–Crippen MR) is 245 cm³/mol. The summed E-state index contributed by atoms with van der Waals surface area (Å²) in [7, 11) is 0. The van der Waals surface area contributed by atoms with Gasteiger partial charge in [0, 0.05) is 39.0 Å². The zero-order valence-electron chi connectivity index (χ0n) is 31.7. The lowest BCUT2D eigenvalue weighted by Gasteiger charge is -2.26. The van der Waals surface area contributed by atoms with Crippen LogP contribution in [0, 0.1) is 0 Å². The highest BCUT2D eigenvalue weighted by Crippen LogP contribution is 2.42. The van der Waals surface area contributed by atoms with Crippen molar-refractivity contribution in [1.82, 2.24) is 0 Å². The van der Waals surface area contributed by atoms with Crippen LogP contribution in [0.5, 0.6) is 0 Å². The maximum absolute atomic E-state index is 6.75. The van der Waals surface area contributed by atoms with Crippen molar-refractivity contribution < 1.29 is 4.42 Å². The minimum Gasteiger partial charge on any atom is -0.455 e. The lowest BCUT2D eigenvalue weighted by Crippen LogP contribution is -2.09. The maximum Gasteiger partial charge on any atom is 0.143 e. The van der Waals surface area contributed by atoms with Gasteiger partial charge < -0.3 is 9.32 Å². The van der Waals surface area contributed by atoms with Gasteiger partial charge in [0.1, 0.15) is 11.2 Å². The third-order valence-corrected chi connectivity index (χ3v) is 11.5. The fraction of sp³-hybridized carbons (Fsp3) is 0. The highest BCUT2D eigenvalue weighted by molar-refractivity contribution is 6.13. The van der Waals surface area contributed by atoms with Gasteiger partial charge >= 0.3 is 0 Å². The van der Waals surface area contributed by atoms with Crippen molar-refractivity contribution in [3.8, 4) is 44.5 Å². The summed E-state index contributed by atoms with van der Waals surface area (Å²) in [6.45, 7) is 0. The summed E-state index contributed by atoms with van der Waals surface area (Å²) in [6, 6.07) is 80.5. The Labute approximate surface area is 337 Å². The predicted octanol–water partition coefficient (Wildman–Crippen LogP) is 16.0. The molecule has 0 saturated carbocycles. The Morgan fingerprint density at radius 2 is 0.707 bits per heavy atom. The molecule has 0 saturated heterocycles. The third kappa shape index (κ3) is 5.82. The fourth-order valence-electron chi connectivity index (χ4n) is 8.67. The van der Waals surface area contributed by atoms with Gasteiger partial charge in [-0.25, -0.2) is 0 Å². The average Bonchev–Trinajstić information content (AvgIpc) is 3.69. The first-order valence-corrected chi connectivity index (χ1v) is 19.8. The van der Waals surface area contributed by atoms with Crippen molar-refractivity contribution in [3.63, 3.8) is 0 Å². The molecular formula is C56H37NO. The smallest absolute Gasteiger partial charge is 0.143 e. The molecule has 1 heterocycles. The zero-order chi connectivity index (χ0) is 38.4. The van der Waals surface area contributed by atoms with Crippen LogP contribution in [0.25, 0.3) is 88.0 Å². The molecule has 0 unspecified atom stereocenters. The van der Waals surface area contributed by atoms with E-state index in [9.17, 15) is 0 Å². The third-order valence-electron chi connectivity index (χ3n) is 11.5. The molecule has 2 heteroatoms. The van der Waals surface area contributed by atoms with E-state index in [0.717, 1.165) is 61.3 Å². The van der Waals surface area contributed by atoms with E-state index in [1.807, 2.05) is 6.07 Å². The monoisotopic (exact) mass is 739 g/mol. The molecule has 58 heavy (non-hydrogen) atoms. The van der Waals surface area contributed by atoms with Crippen LogP contribution < -0.4 is 4.90 Å². The molecule has 0 atom stereocenters. The van der Waals surface area contributed by atoms with E-state index < -0.39 is 0 Å². The Balaban J connectivity index is 0.970. The van der Waals surface area contributed by atoms with Crippen molar-refractivity contribution >= 4 is 60.5 Å². The second-order valence-electron chi connectivity index (χ2n) is 14.9. The highest BCUT2D eigenvalue weighted by atomic mass is 16.3. The molecule has 10 aromatic carbocycles. The molecular weight excluding hydrogens is 703 g/mol. The van der Waals surface area contributed by atoms with Gasteiger partial charge in [0.05, 0.1) is 0 Å². The second-order valence-corrected chi connectivity index (χ2v) is 14.9. The quantitative estimate of drug-likeness (QED) is 0.162. The number of rotatable bonds is 7. The number of nitrogens with zero attached hydrogens (tertiary/aromatic N) is 1. The standard InChI is InChI=1S/C56H37NO/c1-3-14-40(15-4-1)49-23-12-26-52-53-27-13-24-50(56(53)58-55(49)52)41-30-34-46(35-31-41)57(44-19-5-2-6-20-44)45-32-28-38(29-33-45)43-36-42-17-8-10-22-48(42)54(37-43)51-25-11-18-39-16-7-9-21-47(39)51/h1-37H. The molecule has 0 fully saturated rings. The maximum atomic E-state index is 6.75. The number of anilines is 3. The van der Waals surface area contributed by atoms with Crippen LogP contribution >= 0.6 is 0 Å². The molecule has 0 amide bonds. The first-order valence-electron chi connectivity index (χ1n) is 19.8. The molecule has 11 rings (SSSR count). The van der Waals surface area contributed by atoms with Crippen molar-refractivity contribution in [2.45, 2.75) is 0 Å². The first-order chi connectivity index (χ1) is 28.8. The Morgan fingerprint density at radius 3 is 1.36 bits per heavy atom. The molecule has 1 aromatic heterocycles. The molecule has 0 aliphatic rings. The fourth-order valence-corrected chi connectivity index (χ4v) is 8.67. The minimum atomic E-state index is 0.904. The van der Waals surface area contributed by atoms with Crippen LogP contribution in [0.4, 0.5) is 17.1 Å². The summed E-state index contributed by atoms with van der Waals surface area (Å²) < 4.78 is 6.75. The largest absolute Gasteiger partial charge is 0.455 e. The SMILES string of the molecule is c1ccc(-c2cccc3c2oc2c(-c4ccc(N(c5ccccc5)c5ccc(-c6cc(-c7cccc8ccccc78)c7ccccc7c6)cc5)cc4)cccc23)cc1. The summed E-state index contributed by atoms with van der Waals surface area (Å²) in [5, 5.41) is 7.24. The Morgan fingerprint density at radius 1 is 0.259 bits per heavy atom. The van der Waals surface area contributed by atoms with Crippen LogP contribution in [-0.4, -0.2) is 0 Å². The van der Waals surface area contributed by atoms with E-state index in [4.69, 9.17) is 4.42 Å². The lowest BCUT2D eigenvalue weighted by atomic mass is 9.90. The summed E-state index contributed by atoms with van der Waals surface area (Å²) in [6.07, 6.45) is 0. The van der Waals surface area contributed by atoms with Crippen LogP contribution in [0.1, 0.15) is 0 Å². The second kappa shape index (κ2) is 14.1. The first kappa shape index (κ1) is 33.6. The molecule has 0 aliphatic carbocycles. The number of hydrogen-bond acceptors (Lipinski definition) is 2. The average molecular weight is 740 g/mol. The van der Waals surface area contributed by atoms with Crippen LogP contribution in [0.2, 0.25) is 0 Å². The van der Waals surface area contributed by atoms with Crippen LogP contribution in [-0.2, 0) is 0 Å². The molecule has 0 spiro atoms. The van der Waals surface area contributed by atoms with Gasteiger partial charge in [-0.2, -0.15) is 0 Å². The van der Waals surface area contributed by atoms with Gasteiger partial charge in [-0.1, -0.05) is 176 Å². The van der Waals surface area contributed by atoms with E-state index in [1.54, 1.807) is 0 Å². The van der Waals surface area contributed by atoms with Crippen molar-refractivity contribution in [1.29, 1.82) is 0 Å². The lowest BCUT2D eigenvalue weighted by molar-refractivity contribution is 0.671. The van der Waals surface area contributed by atoms with Crippen LogP contribution in [0.3, 0.4) is 0 Å². The molecule has 2 nitrogen and oxygen atoms in total. The summed E-state index contributed by atoms with van der Waals surface area (Å²) in [4.78, 5) is 2.32. The molecule has 0 radical (unpaired) electrons. The van der Waals surface area contributed by atoms with E-state index in [0.29, 0.717) is 0 Å².